The predicted octanol–water partition coefficient (Wildman–Crippen LogP) is 2.23. The van der Waals surface area contributed by atoms with Crippen molar-refractivity contribution in [2.45, 2.75) is 46.6 Å². The lowest BCUT2D eigenvalue weighted by atomic mass is 9.89. The summed E-state index contributed by atoms with van der Waals surface area (Å²) in [6.07, 6.45) is 1.09. The minimum absolute atomic E-state index is 0.220. The van der Waals surface area contributed by atoms with Gasteiger partial charge in [-0.05, 0) is 36.8 Å². The van der Waals surface area contributed by atoms with Crippen molar-refractivity contribution < 1.29 is 5.11 Å². The largest absolute Gasteiger partial charge is 0.387 e. The van der Waals surface area contributed by atoms with E-state index in [1.807, 2.05) is 6.92 Å². The molecule has 0 amide bonds. The summed E-state index contributed by atoms with van der Waals surface area (Å²) < 4.78 is 0. The molecule has 0 bridgehead atoms. The van der Waals surface area contributed by atoms with Gasteiger partial charge in [0, 0.05) is 0 Å². The monoisotopic (exact) mass is 223 g/mol. The molecule has 4 nitrogen and oxygen atoms in total. The summed E-state index contributed by atoms with van der Waals surface area (Å²) in [6, 6.07) is 1.80. The quantitative estimate of drug-likeness (QED) is 0.824. The van der Waals surface area contributed by atoms with Gasteiger partial charge in [-0.2, -0.15) is 5.10 Å². The molecule has 90 valence electrons. The number of aromatic nitrogens is 2. The number of rotatable bonds is 3. The maximum atomic E-state index is 9.96. The van der Waals surface area contributed by atoms with E-state index in [1.54, 1.807) is 6.07 Å². The van der Waals surface area contributed by atoms with E-state index in [0.29, 0.717) is 17.9 Å². The van der Waals surface area contributed by atoms with Crippen LogP contribution in [-0.2, 0) is 0 Å². The van der Waals surface area contributed by atoms with Crippen LogP contribution in [0.2, 0.25) is 0 Å². The first kappa shape index (κ1) is 12.9. The van der Waals surface area contributed by atoms with Crippen molar-refractivity contribution in [3.8, 4) is 0 Å². The number of nitrogens with two attached hydrogens (primary N) is 1. The number of hydrogen-bond donors (Lipinski definition) is 2. The number of aliphatic hydroxyl groups excluding tert-OH is 1. The van der Waals surface area contributed by atoms with Crippen LogP contribution in [0.1, 0.15) is 51.0 Å². The van der Waals surface area contributed by atoms with Crippen LogP contribution in [0.3, 0.4) is 0 Å². The molecule has 1 atom stereocenters. The Morgan fingerprint density at radius 1 is 1.38 bits per heavy atom. The van der Waals surface area contributed by atoms with Crippen LogP contribution in [0, 0.1) is 12.3 Å². The van der Waals surface area contributed by atoms with E-state index in [9.17, 15) is 5.11 Å². The van der Waals surface area contributed by atoms with Crippen LogP contribution in [0.25, 0.3) is 0 Å². The molecule has 1 unspecified atom stereocenters. The SMILES string of the molecule is Cc1cc(C(O)CCC(C)(C)C)nnc1N. The highest BCUT2D eigenvalue weighted by Gasteiger charge is 2.16. The van der Waals surface area contributed by atoms with E-state index < -0.39 is 6.10 Å². The molecule has 1 aromatic rings. The van der Waals surface area contributed by atoms with E-state index in [-0.39, 0.29) is 5.41 Å². The average Bonchev–Trinajstić information content (AvgIpc) is 2.17. The molecule has 0 saturated heterocycles. The molecule has 16 heavy (non-hydrogen) atoms. The zero-order chi connectivity index (χ0) is 12.3. The van der Waals surface area contributed by atoms with Gasteiger partial charge in [0.05, 0.1) is 11.8 Å². The number of anilines is 1. The smallest absolute Gasteiger partial charge is 0.149 e. The Morgan fingerprint density at radius 2 is 2.00 bits per heavy atom. The standard InChI is InChI=1S/C12H21N3O/c1-8-7-9(14-15-11(8)13)10(16)5-6-12(2,3)4/h7,10,16H,5-6H2,1-4H3,(H2,13,15). The highest BCUT2D eigenvalue weighted by atomic mass is 16.3. The number of aryl methyl sites for hydroxylation is 1. The van der Waals surface area contributed by atoms with Gasteiger partial charge in [0.15, 0.2) is 0 Å². The lowest BCUT2D eigenvalue weighted by Gasteiger charge is -2.20. The molecule has 0 aromatic carbocycles. The fraction of sp³-hybridized carbons (Fsp3) is 0.667. The van der Waals surface area contributed by atoms with Gasteiger partial charge in [0.25, 0.3) is 0 Å². The highest BCUT2D eigenvalue weighted by Crippen LogP contribution is 2.26. The lowest BCUT2D eigenvalue weighted by molar-refractivity contribution is 0.142. The van der Waals surface area contributed by atoms with Crippen LogP contribution in [0.15, 0.2) is 6.07 Å². The van der Waals surface area contributed by atoms with Crippen molar-refractivity contribution in [1.29, 1.82) is 0 Å². The second-order valence-electron chi connectivity index (χ2n) is 5.45. The zero-order valence-electron chi connectivity index (χ0n) is 10.5. The van der Waals surface area contributed by atoms with Crippen LogP contribution < -0.4 is 5.73 Å². The average molecular weight is 223 g/mol. The van der Waals surface area contributed by atoms with E-state index in [2.05, 4.69) is 31.0 Å². The summed E-state index contributed by atoms with van der Waals surface area (Å²) in [5.41, 5.74) is 7.26. The van der Waals surface area contributed by atoms with Crippen LogP contribution in [0.5, 0.6) is 0 Å². The molecule has 0 radical (unpaired) electrons. The van der Waals surface area contributed by atoms with Gasteiger partial charge in [0.2, 0.25) is 0 Å². The number of hydrogen-bond acceptors (Lipinski definition) is 4. The van der Waals surface area contributed by atoms with Crippen LogP contribution in [0.4, 0.5) is 5.82 Å². The summed E-state index contributed by atoms with van der Waals surface area (Å²) in [5, 5.41) is 17.7. The Hall–Kier alpha value is -1.16. The first-order valence-electron chi connectivity index (χ1n) is 5.57. The van der Waals surface area contributed by atoms with Crippen molar-refractivity contribution in [3.05, 3.63) is 17.3 Å². The minimum Gasteiger partial charge on any atom is -0.387 e. The molecule has 1 aromatic heterocycles. The summed E-state index contributed by atoms with van der Waals surface area (Å²) in [4.78, 5) is 0. The van der Waals surface area contributed by atoms with Crippen LogP contribution >= 0.6 is 0 Å². The second kappa shape index (κ2) is 4.78. The Morgan fingerprint density at radius 3 is 2.50 bits per heavy atom. The minimum atomic E-state index is -0.550. The third-order valence-electron chi connectivity index (χ3n) is 2.55. The van der Waals surface area contributed by atoms with Crippen molar-refractivity contribution in [1.82, 2.24) is 10.2 Å². The maximum Gasteiger partial charge on any atom is 0.149 e. The second-order valence-corrected chi connectivity index (χ2v) is 5.45. The molecule has 0 fully saturated rings. The summed E-state index contributed by atoms with van der Waals surface area (Å²) in [6.45, 7) is 8.32. The molecular weight excluding hydrogens is 202 g/mol. The first-order valence-corrected chi connectivity index (χ1v) is 5.57. The predicted molar refractivity (Wildman–Crippen MR) is 64.8 cm³/mol. The first-order chi connectivity index (χ1) is 7.29. The molecule has 0 aliphatic heterocycles. The zero-order valence-corrected chi connectivity index (χ0v) is 10.5. The van der Waals surface area contributed by atoms with Gasteiger partial charge in [-0.15, -0.1) is 5.10 Å². The van der Waals surface area contributed by atoms with E-state index >= 15 is 0 Å². The van der Waals surface area contributed by atoms with Gasteiger partial charge in [-0.1, -0.05) is 20.8 Å². The van der Waals surface area contributed by atoms with Gasteiger partial charge in [0.1, 0.15) is 5.82 Å². The van der Waals surface area contributed by atoms with Gasteiger partial charge >= 0.3 is 0 Å². The van der Waals surface area contributed by atoms with Crippen molar-refractivity contribution in [3.63, 3.8) is 0 Å². The van der Waals surface area contributed by atoms with Crippen molar-refractivity contribution >= 4 is 5.82 Å². The molecule has 0 aliphatic rings. The lowest BCUT2D eigenvalue weighted by Crippen LogP contribution is -2.10. The summed E-state index contributed by atoms with van der Waals surface area (Å²) in [5.74, 6) is 0.423. The van der Waals surface area contributed by atoms with Gasteiger partial charge in [-0.3, -0.25) is 0 Å². The Balaban J connectivity index is 2.66. The highest BCUT2D eigenvalue weighted by molar-refractivity contribution is 5.37. The maximum absolute atomic E-state index is 9.96. The molecule has 0 saturated carbocycles. The van der Waals surface area contributed by atoms with Crippen LogP contribution in [-0.4, -0.2) is 15.3 Å². The molecule has 1 heterocycles. The van der Waals surface area contributed by atoms with Gasteiger partial charge < -0.3 is 10.8 Å². The Kier molecular flexibility index (Phi) is 3.86. The van der Waals surface area contributed by atoms with Crippen molar-refractivity contribution in [2.24, 2.45) is 5.41 Å². The fourth-order valence-corrected chi connectivity index (χ4v) is 1.40. The molecule has 1 rings (SSSR count). The van der Waals surface area contributed by atoms with E-state index in [1.165, 1.54) is 0 Å². The van der Waals surface area contributed by atoms with Crippen molar-refractivity contribution in [2.75, 3.05) is 5.73 Å². The topological polar surface area (TPSA) is 72.0 Å². The number of nitrogen functional groups attached to an aromatic ring is 1. The van der Waals surface area contributed by atoms with E-state index in [4.69, 9.17) is 5.73 Å². The Labute approximate surface area is 96.9 Å². The summed E-state index contributed by atoms with van der Waals surface area (Å²) >= 11 is 0. The molecule has 3 N–H and O–H groups in total. The molecule has 0 spiro atoms. The molecule has 0 aliphatic carbocycles. The number of aliphatic hydroxyl groups is 1. The third kappa shape index (κ3) is 3.77. The normalized spacial score (nSPS) is 13.8. The summed E-state index contributed by atoms with van der Waals surface area (Å²) in [7, 11) is 0. The van der Waals surface area contributed by atoms with E-state index in [0.717, 1.165) is 12.0 Å². The number of nitrogens with zero attached hydrogens (tertiary/aromatic N) is 2. The molecule has 4 heteroatoms. The van der Waals surface area contributed by atoms with Gasteiger partial charge in [-0.25, -0.2) is 0 Å². The molecular formula is C12H21N3O. The fourth-order valence-electron chi connectivity index (χ4n) is 1.40. The third-order valence-corrected chi connectivity index (χ3v) is 2.55. The Bertz CT molecular complexity index is 358.